The van der Waals surface area contributed by atoms with Crippen LogP contribution in [0.3, 0.4) is 0 Å². The van der Waals surface area contributed by atoms with E-state index in [1.165, 1.54) is 12.1 Å². The third-order valence-corrected chi connectivity index (χ3v) is 6.52. The van der Waals surface area contributed by atoms with Crippen LogP contribution >= 0.6 is 0 Å². The lowest BCUT2D eigenvalue weighted by molar-refractivity contribution is -0.119. The summed E-state index contributed by atoms with van der Waals surface area (Å²) in [5.41, 5.74) is 1.41. The molecule has 0 atom stereocenters. The van der Waals surface area contributed by atoms with Crippen molar-refractivity contribution in [1.29, 1.82) is 0 Å². The first-order chi connectivity index (χ1) is 16.0. The maximum absolute atomic E-state index is 13.3. The zero-order valence-electron chi connectivity index (χ0n) is 18.5. The van der Waals surface area contributed by atoms with Gasteiger partial charge in [-0.25, -0.2) is 8.42 Å². The maximum Gasteiger partial charge on any atom is 0.264 e. The van der Waals surface area contributed by atoms with Gasteiger partial charge in [-0.3, -0.25) is 9.10 Å². The predicted octanol–water partition coefficient (Wildman–Crippen LogP) is 3.61. The van der Waals surface area contributed by atoms with Crippen molar-refractivity contribution in [1.82, 2.24) is 5.32 Å². The van der Waals surface area contributed by atoms with E-state index in [2.05, 4.69) is 5.32 Å². The largest absolute Gasteiger partial charge is 0.494 e. The van der Waals surface area contributed by atoms with Crippen molar-refractivity contribution in [3.05, 3.63) is 90.5 Å². The summed E-state index contributed by atoms with van der Waals surface area (Å²) in [5.74, 6) is 0.199. The second kappa shape index (κ2) is 12.0. The minimum Gasteiger partial charge on any atom is -0.494 e. The number of carbonyl (C=O) groups excluding carboxylic acids is 1. The molecule has 1 amide bonds. The molecule has 0 aliphatic heterocycles. The number of carbonyl (C=O) groups is 1. The average molecular weight is 469 g/mol. The van der Waals surface area contributed by atoms with Gasteiger partial charge in [0.15, 0.2) is 0 Å². The molecule has 0 unspecified atom stereocenters. The summed E-state index contributed by atoms with van der Waals surface area (Å²) in [5, 5.41) is 2.73. The van der Waals surface area contributed by atoms with Crippen LogP contribution in [0.1, 0.15) is 12.5 Å². The summed E-state index contributed by atoms with van der Waals surface area (Å²) < 4.78 is 38.7. The molecule has 174 valence electrons. The van der Waals surface area contributed by atoms with Gasteiger partial charge >= 0.3 is 0 Å². The van der Waals surface area contributed by atoms with Gasteiger partial charge in [0.05, 0.1) is 30.4 Å². The third-order valence-electron chi connectivity index (χ3n) is 4.73. The summed E-state index contributed by atoms with van der Waals surface area (Å²) in [6.45, 7) is 3.04. The van der Waals surface area contributed by atoms with Crippen LogP contribution in [0.15, 0.2) is 89.8 Å². The molecule has 0 aliphatic rings. The van der Waals surface area contributed by atoms with Crippen LogP contribution < -0.4 is 14.4 Å². The van der Waals surface area contributed by atoms with Gasteiger partial charge in [-0.15, -0.1) is 0 Å². The highest BCUT2D eigenvalue weighted by Crippen LogP contribution is 2.25. The molecule has 0 aromatic heterocycles. The number of rotatable bonds is 12. The third kappa shape index (κ3) is 7.06. The molecule has 33 heavy (non-hydrogen) atoms. The standard InChI is InChI=1S/C25H28N2O5S/c1-2-32-23-15-13-22(14-16-23)27(33(29,30)24-11-7-4-8-12-24)19-25(28)26-17-18-31-20-21-9-5-3-6-10-21/h3-16H,2,17-20H2,1H3,(H,26,28). The zero-order valence-corrected chi connectivity index (χ0v) is 19.3. The number of ether oxygens (including phenoxy) is 2. The monoisotopic (exact) mass is 468 g/mol. The van der Waals surface area contributed by atoms with Gasteiger partial charge in [0, 0.05) is 6.54 Å². The van der Waals surface area contributed by atoms with Gasteiger partial charge in [-0.05, 0) is 48.9 Å². The van der Waals surface area contributed by atoms with Gasteiger partial charge in [0.1, 0.15) is 12.3 Å². The fraction of sp³-hybridized carbons (Fsp3) is 0.240. The number of amides is 1. The molecular formula is C25H28N2O5S. The Bertz CT molecular complexity index is 1100. The van der Waals surface area contributed by atoms with Crippen molar-refractivity contribution in [3.8, 4) is 5.75 Å². The molecule has 0 bridgehead atoms. The molecule has 8 heteroatoms. The molecule has 3 rings (SSSR count). The van der Waals surface area contributed by atoms with E-state index in [9.17, 15) is 13.2 Å². The van der Waals surface area contributed by atoms with Crippen molar-refractivity contribution in [2.75, 3.05) is 30.6 Å². The highest BCUT2D eigenvalue weighted by atomic mass is 32.2. The fourth-order valence-corrected chi connectivity index (χ4v) is 4.57. The number of hydrogen-bond acceptors (Lipinski definition) is 5. The van der Waals surface area contributed by atoms with E-state index >= 15 is 0 Å². The Hall–Kier alpha value is -3.36. The molecular weight excluding hydrogens is 440 g/mol. The molecule has 0 saturated heterocycles. The lowest BCUT2D eigenvalue weighted by Gasteiger charge is -2.24. The number of sulfonamides is 1. The van der Waals surface area contributed by atoms with E-state index in [-0.39, 0.29) is 18.0 Å². The first-order valence-electron chi connectivity index (χ1n) is 10.7. The Balaban J connectivity index is 1.65. The number of nitrogens with one attached hydrogen (secondary N) is 1. The van der Waals surface area contributed by atoms with Crippen molar-refractivity contribution in [2.45, 2.75) is 18.4 Å². The average Bonchev–Trinajstić information content (AvgIpc) is 2.84. The normalized spacial score (nSPS) is 11.1. The van der Waals surface area contributed by atoms with Crippen molar-refractivity contribution in [3.63, 3.8) is 0 Å². The van der Waals surface area contributed by atoms with Gasteiger partial charge < -0.3 is 14.8 Å². The lowest BCUT2D eigenvalue weighted by atomic mass is 10.2. The SMILES string of the molecule is CCOc1ccc(N(CC(=O)NCCOCc2ccccc2)S(=O)(=O)c2ccccc2)cc1. The first-order valence-corrected chi connectivity index (χ1v) is 12.1. The Morgan fingerprint density at radius 1 is 0.909 bits per heavy atom. The van der Waals surface area contributed by atoms with Crippen LogP contribution in [0.5, 0.6) is 5.75 Å². The number of benzene rings is 3. The quantitative estimate of drug-likeness (QED) is 0.411. The van der Waals surface area contributed by atoms with Crippen molar-refractivity contribution in [2.24, 2.45) is 0 Å². The minimum atomic E-state index is -3.95. The van der Waals surface area contributed by atoms with E-state index in [4.69, 9.17) is 9.47 Å². The molecule has 0 fully saturated rings. The van der Waals surface area contributed by atoms with E-state index in [0.29, 0.717) is 31.3 Å². The topological polar surface area (TPSA) is 84.9 Å². The highest BCUT2D eigenvalue weighted by Gasteiger charge is 2.27. The van der Waals surface area contributed by atoms with E-state index < -0.39 is 15.9 Å². The number of anilines is 1. The molecule has 0 aliphatic carbocycles. The van der Waals surface area contributed by atoms with E-state index in [0.717, 1.165) is 9.87 Å². The maximum atomic E-state index is 13.3. The Morgan fingerprint density at radius 2 is 1.55 bits per heavy atom. The van der Waals surface area contributed by atoms with E-state index in [1.807, 2.05) is 37.3 Å². The summed E-state index contributed by atoms with van der Waals surface area (Å²) in [6.07, 6.45) is 0. The van der Waals surface area contributed by atoms with E-state index in [1.54, 1.807) is 42.5 Å². The second-order valence-corrected chi connectivity index (χ2v) is 9.00. The van der Waals surface area contributed by atoms with Crippen LogP contribution in [0.2, 0.25) is 0 Å². The molecule has 7 nitrogen and oxygen atoms in total. The molecule has 1 N–H and O–H groups in total. The van der Waals surface area contributed by atoms with Gasteiger partial charge in [0.25, 0.3) is 10.0 Å². The molecule has 0 spiro atoms. The molecule has 3 aromatic carbocycles. The molecule has 0 saturated carbocycles. The molecule has 3 aromatic rings. The second-order valence-electron chi connectivity index (χ2n) is 7.14. The van der Waals surface area contributed by atoms with Gasteiger partial charge in [0.2, 0.25) is 5.91 Å². The summed E-state index contributed by atoms with van der Waals surface area (Å²) in [7, 11) is -3.95. The minimum absolute atomic E-state index is 0.109. The first kappa shape index (κ1) is 24.3. The number of hydrogen-bond donors (Lipinski definition) is 1. The predicted molar refractivity (Wildman–Crippen MR) is 128 cm³/mol. The molecule has 0 radical (unpaired) electrons. The van der Waals surface area contributed by atoms with Crippen LogP contribution in [-0.2, 0) is 26.2 Å². The fourth-order valence-electron chi connectivity index (χ4n) is 3.12. The van der Waals surface area contributed by atoms with Crippen LogP contribution in [0, 0.1) is 0 Å². The van der Waals surface area contributed by atoms with Crippen LogP contribution in [-0.4, -0.2) is 40.6 Å². The highest BCUT2D eigenvalue weighted by molar-refractivity contribution is 7.92. The van der Waals surface area contributed by atoms with Crippen molar-refractivity contribution >= 4 is 21.6 Å². The smallest absolute Gasteiger partial charge is 0.264 e. The lowest BCUT2D eigenvalue weighted by Crippen LogP contribution is -2.41. The van der Waals surface area contributed by atoms with Gasteiger partial charge in [-0.1, -0.05) is 48.5 Å². The van der Waals surface area contributed by atoms with Crippen LogP contribution in [0.4, 0.5) is 5.69 Å². The van der Waals surface area contributed by atoms with Gasteiger partial charge in [-0.2, -0.15) is 0 Å². The van der Waals surface area contributed by atoms with Crippen LogP contribution in [0.25, 0.3) is 0 Å². The number of nitrogens with zero attached hydrogens (tertiary/aromatic N) is 1. The Labute approximate surface area is 195 Å². The van der Waals surface area contributed by atoms with Crippen molar-refractivity contribution < 1.29 is 22.7 Å². The summed E-state index contributed by atoms with van der Waals surface area (Å²) >= 11 is 0. The summed E-state index contributed by atoms with van der Waals surface area (Å²) in [4.78, 5) is 12.7. The zero-order chi connectivity index (χ0) is 23.5. The summed E-state index contributed by atoms with van der Waals surface area (Å²) in [6, 6.07) is 24.4. The Morgan fingerprint density at radius 3 is 2.18 bits per heavy atom. The Kier molecular flexibility index (Phi) is 8.86. The molecule has 0 heterocycles.